The Balaban J connectivity index is 2.07. The molecule has 90 valence electrons. The largest absolute Gasteiger partial charge is 0.378 e. The molecule has 0 aromatic carbocycles. The van der Waals surface area contributed by atoms with Gasteiger partial charge >= 0.3 is 0 Å². The second-order valence-electron chi connectivity index (χ2n) is 3.99. The molecule has 0 bridgehead atoms. The second-order valence-corrected chi connectivity index (χ2v) is 4.37. The zero-order chi connectivity index (χ0) is 11.5. The van der Waals surface area contributed by atoms with Gasteiger partial charge in [-0.3, -0.25) is 4.68 Å². The van der Waals surface area contributed by atoms with Gasteiger partial charge in [0.05, 0.1) is 35.7 Å². The van der Waals surface area contributed by atoms with E-state index in [2.05, 4.69) is 24.3 Å². The van der Waals surface area contributed by atoms with Gasteiger partial charge in [0.1, 0.15) is 0 Å². The minimum Gasteiger partial charge on any atom is -0.378 e. The highest BCUT2D eigenvalue weighted by Crippen LogP contribution is 2.21. The first-order chi connectivity index (χ1) is 7.76. The molecule has 1 aliphatic heterocycles. The molecule has 0 spiro atoms. The number of aryl methyl sites for hydroxylation is 2. The molecule has 1 N–H and O–H groups in total. The van der Waals surface area contributed by atoms with Crippen LogP contribution in [-0.4, -0.2) is 29.0 Å². The number of aromatic nitrogens is 2. The molecule has 5 heteroatoms. The molecular formula is C11H18ClN3O. The Morgan fingerprint density at radius 2 is 2.25 bits per heavy atom. The van der Waals surface area contributed by atoms with Crippen molar-refractivity contribution in [1.29, 1.82) is 0 Å². The SMILES string of the molecule is CCc1nn(CC)c(CNC2COC2)c1Cl. The van der Waals surface area contributed by atoms with Crippen LogP contribution in [0.2, 0.25) is 5.02 Å². The third kappa shape index (κ3) is 2.24. The van der Waals surface area contributed by atoms with E-state index in [1.54, 1.807) is 0 Å². The van der Waals surface area contributed by atoms with Crippen LogP contribution in [0.15, 0.2) is 0 Å². The highest BCUT2D eigenvalue weighted by Gasteiger charge is 2.20. The van der Waals surface area contributed by atoms with Crippen LogP contribution < -0.4 is 5.32 Å². The Labute approximate surface area is 101 Å². The highest BCUT2D eigenvalue weighted by atomic mass is 35.5. The minimum absolute atomic E-state index is 0.473. The molecule has 1 aliphatic rings. The van der Waals surface area contributed by atoms with Gasteiger partial charge in [0.25, 0.3) is 0 Å². The van der Waals surface area contributed by atoms with Gasteiger partial charge in [0.2, 0.25) is 0 Å². The monoisotopic (exact) mass is 243 g/mol. The highest BCUT2D eigenvalue weighted by molar-refractivity contribution is 6.31. The summed E-state index contributed by atoms with van der Waals surface area (Å²) < 4.78 is 7.10. The van der Waals surface area contributed by atoms with Crippen molar-refractivity contribution in [1.82, 2.24) is 15.1 Å². The number of nitrogens with one attached hydrogen (secondary N) is 1. The van der Waals surface area contributed by atoms with Crippen LogP contribution in [0.3, 0.4) is 0 Å². The molecule has 1 aromatic rings. The van der Waals surface area contributed by atoms with Crippen LogP contribution in [0, 0.1) is 0 Å². The number of nitrogens with zero attached hydrogens (tertiary/aromatic N) is 2. The fourth-order valence-electron chi connectivity index (χ4n) is 1.78. The van der Waals surface area contributed by atoms with Crippen LogP contribution >= 0.6 is 11.6 Å². The zero-order valence-electron chi connectivity index (χ0n) is 9.79. The van der Waals surface area contributed by atoms with E-state index in [0.717, 1.165) is 49.1 Å². The van der Waals surface area contributed by atoms with Crippen molar-refractivity contribution in [2.24, 2.45) is 0 Å². The molecule has 0 amide bonds. The molecule has 16 heavy (non-hydrogen) atoms. The third-order valence-electron chi connectivity index (χ3n) is 2.89. The van der Waals surface area contributed by atoms with E-state index in [1.807, 2.05) is 4.68 Å². The number of hydrogen-bond donors (Lipinski definition) is 1. The van der Waals surface area contributed by atoms with E-state index in [-0.39, 0.29) is 0 Å². The van der Waals surface area contributed by atoms with Crippen molar-refractivity contribution < 1.29 is 4.74 Å². The number of ether oxygens (including phenoxy) is 1. The topological polar surface area (TPSA) is 39.1 Å². The third-order valence-corrected chi connectivity index (χ3v) is 3.33. The normalized spacial score (nSPS) is 16.4. The Kier molecular flexibility index (Phi) is 3.84. The van der Waals surface area contributed by atoms with E-state index >= 15 is 0 Å². The second kappa shape index (κ2) is 5.17. The van der Waals surface area contributed by atoms with E-state index in [4.69, 9.17) is 16.3 Å². The van der Waals surface area contributed by atoms with Crippen LogP contribution in [0.5, 0.6) is 0 Å². The van der Waals surface area contributed by atoms with Crippen molar-refractivity contribution in [3.8, 4) is 0 Å². The standard InChI is InChI=1S/C11H18ClN3O/c1-3-9-11(12)10(15(4-2)14-9)5-13-8-6-16-7-8/h8,13H,3-7H2,1-2H3. The molecule has 0 aliphatic carbocycles. The zero-order valence-corrected chi connectivity index (χ0v) is 10.5. The predicted molar refractivity (Wildman–Crippen MR) is 63.7 cm³/mol. The van der Waals surface area contributed by atoms with Crippen molar-refractivity contribution in [3.63, 3.8) is 0 Å². The molecule has 1 aromatic heterocycles. The molecule has 4 nitrogen and oxygen atoms in total. The van der Waals surface area contributed by atoms with E-state index < -0.39 is 0 Å². The van der Waals surface area contributed by atoms with Crippen molar-refractivity contribution in [2.75, 3.05) is 13.2 Å². The average molecular weight is 244 g/mol. The maximum absolute atomic E-state index is 6.30. The van der Waals surface area contributed by atoms with Gasteiger partial charge in [-0.1, -0.05) is 18.5 Å². The van der Waals surface area contributed by atoms with E-state index in [1.165, 1.54) is 0 Å². The van der Waals surface area contributed by atoms with Crippen LogP contribution in [0.4, 0.5) is 0 Å². The Bertz CT molecular complexity index is 360. The van der Waals surface area contributed by atoms with Crippen molar-refractivity contribution in [3.05, 3.63) is 16.4 Å². The lowest BCUT2D eigenvalue weighted by atomic mass is 10.2. The fourth-order valence-corrected chi connectivity index (χ4v) is 2.12. The molecular weight excluding hydrogens is 226 g/mol. The molecule has 0 unspecified atom stereocenters. The minimum atomic E-state index is 0.473. The fraction of sp³-hybridized carbons (Fsp3) is 0.727. The molecule has 2 heterocycles. The van der Waals surface area contributed by atoms with Gasteiger partial charge in [-0.15, -0.1) is 0 Å². The summed E-state index contributed by atoms with van der Waals surface area (Å²) in [5.41, 5.74) is 2.08. The summed E-state index contributed by atoms with van der Waals surface area (Å²) in [6, 6.07) is 0.473. The molecule has 0 radical (unpaired) electrons. The molecule has 2 rings (SSSR count). The lowest BCUT2D eigenvalue weighted by Gasteiger charge is -2.27. The number of hydrogen-bond acceptors (Lipinski definition) is 3. The van der Waals surface area contributed by atoms with Crippen molar-refractivity contribution >= 4 is 11.6 Å². The quantitative estimate of drug-likeness (QED) is 0.854. The average Bonchev–Trinajstić information content (AvgIpc) is 2.53. The predicted octanol–water partition coefficient (Wildman–Crippen LogP) is 1.61. The van der Waals surface area contributed by atoms with E-state index in [9.17, 15) is 0 Å². The van der Waals surface area contributed by atoms with Crippen LogP contribution in [0.25, 0.3) is 0 Å². The summed E-state index contributed by atoms with van der Waals surface area (Å²) in [5, 5.41) is 8.72. The Morgan fingerprint density at radius 3 is 2.75 bits per heavy atom. The summed E-state index contributed by atoms with van der Waals surface area (Å²) in [7, 11) is 0. The molecule has 1 fully saturated rings. The smallest absolute Gasteiger partial charge is 0.0863 e. The lowest BCUT2D eigenvalue weighted by molar-refractivity contribution is -0.00603. The summed E-state index contributed by atoms with van der Waals surface area (Å²) in [6.45, 7) is 7.40. The van der Waals surface area contributed by atoms with Crippen molar-refractivity contribution in [2.45, 2.75) is 39.4 Å². The molecule has 0 atom stereocenters. The van der Waals surface area contributed by atoms with Gasteiger partial charge in [-0.2, -0.15) is 5.10 Å². The van der Waals surface area contributed by atoms with Gasteiger partial charge in [-0.25, -0.2) is 0 Å². The first-order valence-electron chi connectivity index (χ1n) is 5.81. The molecule has 0 saturated carbocycles. The van der Waals surface area contributed by atoms with Crippen LogP contribution in [-0.2, 0) is 24.2 Å². The lowest BCUT2D eigenvalue weighted by Crippen LogP contribution is -2.45. The Morgan fingerprint density at radius 1 is 1.50 bits per heavy atom. The first kappa shape index (κ1) is 11.9. The summed E-state index contributed by atoms with van der Waals surface area (Å²) >= 11 is 6.30. The van der Waals surface area contributed by atoms with Gasteiger partial charge in [0.15, 0.2) is 0 Å². The summed E-state index contributed by atoms with van der Waals surface area (Å²) in [6.07, 6.45) is 0.880. The van der Waals surface area contributed by atoms with Gasteiger partial charge < -0.3 is 10.1 Å². The summed E-state index contributed by atoms with van der Waals surface area (Å²) in [4.78, 5) is 0. The van der Waals surface area contributed by atoms with Crippen LogP contribution in [0.1, 0.15) is 25.2 Å². The van der Waals surface area contributed by atoms with E-state index in [0.29, 0.717) is 6.04 Å². The first-order valence-corrected chi connectivity index (χ1v) is 6.19. The maximum atomic E-state index is 6.30. The number of rotatable bonds is 5. The van der Waals surface area contributed by atoms with Gasteiger partial charge in [0, 0.05) is 13.1 Å². The maximum Gasteiger partial charge on any atom is 0.0863 e. The van der Waals surface area contributed by atoms with Gasteiger partial charge in [-0.05, 0) is 13.3 Å². The molecule has 1 saturated heterocycles. The number of halogens is 1. The Hall–Kier alpha value is -0.580. The summed E-state index contributed by atoms with van der Waals surface area (Å²) in [5.74, 6) is 0.